The molecule has 0 spiro atoms. The van der Waals surface area contributed by atoms with Crippen LogP contribution in [0.25, 0.3) is 0 Å². The topological polar surface area (TPSA) is 179 Å². The average Bonchev–Trinajstić information content (AvgIpc) is 2.98. The van der Waals surface area contributed by atoms with Crippen LogP contribution in [0.3, 0.4) is 0 Å². The fourth-order valence-electron chi connectivity index (χ4n) is 3.02. The number of rotatable bonds is 6. The van der Waals surface area contributed by atoms with Gasteiger partial charge in [0.15, 0.2) is 12.4 Å². The predicted molar refractivity (Wildman–Crippen MR) is 89.2 cm³/mol. The molecule has 8 atom stereocenters. The minimum atomic E-state index is -1.94. The van der Waals surface area contributed by atoms with E-state index in [0.717, 1.165) is 0 Å². The van der Waals surface area contributed by atoms with E-state index in [1.165, 1.54) is 24.3 Å². The van der Waals surface area contributed by atoms with E-state index in [0.29, 0.717) is 0 Å². The summed E-state index contributed by atoms with van der Waals surface area (Å²) < 4.78 is 21.7. The SMILES string of the molecule is OCC1OC(Oc2ccc(O)cc2)C(OC2OCC(O)(CO)C2O)C(O)C1O. The van der Waals surface area contributed by atoms with Gasteiger partial charge in [-0.25, -0.2) is 0 Å². The highest BCUT2D eigenvalue weighted by Gasteiger charge is 2.53. The van der Waals surface area contributed by atoms with Gasteiger partial charge in [-0.2, -0.15) is 0 Å². The van der Waals surface area contributed by atoms with E-state index in [1.807, 2.05) is 0 Å². The van der Waals surface area contributed by atoms with E-state index >= 15 is 0 Å². The first kappa shape index (κ1) is 21.2. The summed E-state index contributed by atoms with van der Waals surface area (Å²) in [6.07, 6.45) is -10.1. The minimum Gasteiger partial charge on any atom is -0.508 e. The van der Waals surface area contributed by atoms with Crippen LogP contribution in [0.5, 0.6) is 11.5 Å². The van der Waals surface area contributed by atoms with Crippen molar-refractivity contribution in [2.45, 2.75) is 48.7 Å². The molecule has 0 bridgehead atoms. The van der Waals surface area contributed by atoms with Crippen molar-refractivity contribution in [2.24, 2.45) is 0 Å². The second-order valence-corrected chi connectivity index (χ2v) is 6.81. The third-order valence-corrected chi connectivity index (χ3v) is 4.78. The van der Waals surface area contributed by atoms with E-state index in [4.69, 9.17) is 18.9 Å². The van der Waals surface area contributed by atoms with Crippen LogP contribution in [0.1, 0.15) is 0 Å². The van der Waals surface area contributed by atoms with Crippen molar-refractivity contribution in [3.63, 3.8) is 0 Å². The van der Waals surface area contributed by atoms with E-state index in [9.17, 15) is 35.7 Å². The molecule has 28 heavy (non-hydrogen) atoms. The molecule has 2 heterocycles. The van der Waals surface area contributed by atoms with Crippen molar-refractivity contribution >= 4 is 0 Å². The van der Waals surface area contributed by atoms with Crippen LogP contribution in [-0.4, -0.2) is 104 Å². The first-order valence-corrected chi connectivity index (χ1v) is 8.65. The van der Waals surface area contributed by atoms with Gasteiger partial charge in [0.2, 0.25) is 6.29 Å². The van der Waals surface area contributed by atoms with Gasteiger partial charge in [-0.3, -0.25) is 0 Å². The van der Waals surface area contributed by atoms with Crippen molar-refractivity contribution < 1.29 is 54.7 Å². The molecule has 0 aromatic heterocycles. The number of aromatic hydroxyl groups is 1. The van der Waals surface area contributed by atoms with Gasteiger partial charge in [0.1, 0.15) is 41.5 Å². The Balaban J connectivity index is 1.78. The molecular formula is C17H24O11. The summed E-state index contributed by atoms with van der Waals surface area (Å²) in [5.74, 6) is 0.232. The minimum absolute atomic E-state index is 0.000767. The van der Waals surface area contributed by atoms with Crippen molar-refractivity contribution in [1.29, 1.82) is 0 Å². The molecule has 11 heteroatoms. The molecule has 0 saturated carbocycles. The molecule has 2 aliphatic rings. The van der Waals surface area contributed by atoms with Crippen molar-refractivity contribution in [1.82, 2.24) is 0 Å². The molecule has 3 rings (SSSR count). The number of phenolic OH excluding ortho intramolecular Hbond substituents is 1. The van der Waals surface area contributed by atoms with Crippen LogP contribution in [0.15, 0.2) is 24.3 Å². The van der Waals surface area contributed by atoms with Crippen LogP contribution in [0.4, 0.5) is 0 Å². The first-order valence-electron chi connectivity index (χ1n) is 8.65. The fourth-order valence-corrected chi connectivity index (χ4v) is 3.02. The second-order valence-electron chi connectivity index (χ2n) is 6.81. The maximum Gasteiger partial charge on any atom is 0.229 e. The van der Waals surface area contributed by atoms with Gasteiger partial charge in [-0.1, -0.05) is 0 Å². The molecule has 158 valence electrons. The standard InChI is InChI=1S/C17H24O11/c18-5-10-11(21)12(22)13(28-16-14(23)17(24,6-19)7-25-16)15(27-10)26-9-3-1-8(20)2-4-9/h1-4,10-16,18-24H,5-7H2. The summed E-state index contributed by atoms with van der Waals surface area (Å²) in [6.45, 7) is -1.79. The molecule has 2 fully saturated rings. The third-order valence-electron chi connectivity index (χ3n) is 4.78. The van der Waals surface area contributed by atoms with Gasteiger partial charge in [-0.15, -0.1) is 0 Å². The molecule has 0 aliphatic carbocycles. The summed E-state index contributed by atoms with van der Waals surface area (Å²) >= 11 is 0. The highest BCUT2D eigenvalue weighted by Crippen LogP contribution is 2.32. The van der Waals surface area contributed by atoms with Gasteiger partial charge in [0.05, 0.1) is 19.8 Å². The average molecular weight is 404 g/mol. The first-order chi connectivity index (χ1) is 13.3. The zero-order valence-electron chi connectivity index (χ0n) is 14.7. The lowest BCUT2D eigenvalue weighted by atomic mass is 9.98. The normalized spacial score (nSPS) is 41.1. The van der Waals surface area contributed by atoms with Crippen molar-refractivity contribution in [3.8, 4) is 11.5 Å². The van der Waals surface area contributed by atoms with Crippen molar-refractivity contribution in [2.75, 3.05) is 19.8 Å². The second kappa shape index (κ2) is 8.45. The van der Waals surface area contributed by atoms with Gasteiger partial charge >= 0.3 is 0 Å². The van der Waals surface area contributed by atoms with E-state index in [1.54, 1.807) is 0 Å². The van der Waals surface area contributed by atoms with Crippen LogP contribution in [0.2, 0.25) is 0 Å². The van der Waals surface area contributed by atoms with Crippen LogP contribution >= 0.6 is 0 Å². The summed E-state index contributed by atoms with van der Waals surface area (Å²) in [5, 5.41) is 68.7. The Labute approximate surface area is 159 Å². The maximum atomic E-state index is 10.4. The zero-order chi connectivity index (χ0) is 20.5. The fraction of sp³-hybridized carbons (Fsp3) is 0.647. The Bertz CT molecular complexity index is 640. The number of hydrogen-bond donors (Lipinski definition) is 7. The Morgan fingerprint density at radius 3 is 2.29 bits per heavy atom. The molecule has 11 nitrogen and oxygen atoms in total. The lowest BCUT2D eigenvalue weighted by Crippen LogP contribution is -2.62. The lowest BCUT2D eigenvalue weighted by molar-refractivity contribution is -0.318. The quantitative estimate of drug-likeness (QED) is 0.257. The van der Waals surface area contributed by atoms with Gasteiger partial charge in [0, 0.05) is 0 Å². The predicted octanol–water partition coefficient (Wildman–Crippen LogP) is -2.96. The van der Waals surface area contributed by atoms with E-state index in [-0.39, 0.29) is 11.5 Å². The molecule has 2 aliphatic heterocycles. The van der Waals surface area contributed by atoms with Crippen LogP contribution < -0.4 is 4.74 Å². The van der Waals surface area contributed by atoms with E-state index in [2.05, 4.69) is 0 Å². The summed E-state index contributed by atoms with van der Waals surface area (Å²) in [4.78, 5) is 0. The zero-order valence-corrected chi connectivity index (χ0v) is 14.7. The molecule has 2 saturated heterocycles. The smallest absolute Gasteiger partial charge is 0.229 e. The highest BCUT2D eigenvalue weighted by atomic mass is 16.8. The van der Waals surface area contributed by atoms with Crippen LogP contribution in [-0.2, 0) is 14.2 Å². The van der Waals surface area contributed by atoms with Crippen molar-refractivity contribution in [3.05, 3.63) is 24.3 Å². The number of benzene rings is 1. The largest absolute Gasteiger partial charge is 0.508 e. The van der Waals surface area contributed by atoms with Crippen LogP contribution in [0, 0.1) is 0 Å². The lowest BCUT2D eigenvalue weighted by Gasteiger charge is -2.42. The highest BCUT2D eigenvalue weighted by molar-refractivity contribution is 5.30. The summed E-state index contributed by atoms with van der Waals surface area (Å²) in [5.41, 5.74) is -1.94. The van der Waals surface area contributed by atoms with E-state index < -0.39 is 68.5 Å². The molecule has 1 aromatic carbocycles. The molecule has 7 N–H and O–H groups in total. The third kappa shape index (κ3) is 4.08. The Kier molecular flexibility index (Phi) is 6.39. The number of ether oxygens (including phenoxy) is 4. The van der Waals surface area contributed by atoms with Gasteiger partial charge in [-0.05, 0) is 24.3 Å². The maximum absolute atomic E-state index is 10.4. The molecular weight excluding hydrogens is 380 g/mol. The summed E-state index contributed by atoms with van der Waals surface area (Å²) in [7, 11) is 0. The monoisotopic (exact) mass is 404 g/mol. The van der Waals surface area contributed by atoms with Gasteiger partial charge in [0.25, 0.3) is 0 Å². The number of phenols is 1. The molecule has 0 radical (unpaired) electrons. The number of hydrogen-bond acceptors (Lipinski definition) is 11. The van der Waals surface area contributed by atoms with Gasteiger partial charge < -0.3 is 54.7 Å². The molecule has 0 amide bonds. The number of aliphatic hydroxyl groups is 6. The Morgan fingerprint density at radius 1 is 1.04 bits per heavy atom. The number of aliphatic hydroxyl groups excluding tert-OH is 5. The Morgan fingerprint density at radius 2 is 1.71 bits per heavy atom. The molecule has 8 unspecified atom stereocenters. The Hall–Kier alpha value is -1.54. The summed E-state index contributed by atoms with van der Waals surface area (Å²) in [6, 6.07) is 5.56. The molecule has 1 aromatic rings.